The highest BCUT2D eigenvalue weighted by Crippen LogP contribution is 2.24. The fraction of sp³-hybridized carbons (Fsp3) is 0.143. The van der Waals surface area contributed by atoms with Crippen LogP contribution < -0.4 is 10.1 Å². The SMILES string of the molecule is C=CC/C(O)=C(\C#N)C(=O)Nc1ccc(OC(F)(F)F)cc1. The molecule has 2 N–H and O–H groups in total. The number of rotatable bonds is 5. The minimum Gasteiger partial charge on any atom is -0.510 e. The second-order valence-electron chi connectivity index (χ2n) is 3.95. The molecule has 0 atom stereocenters. The quantitative estimate of drug-likeness (QED) is 0.378. The summed E-state index contributed by atoms with van der Waals surface area (Å²) in [6.07, 6.45) is -3.56. The average Bonchev–Trinajstić information content (AvgIpc) is 2.40. The van der Waals surface area contributed by atoms with Gasteiger partial charge >= 0.3 is 6.36 Å². The smallest absolute Gasteiger partial charge is 0.510 e. The second-order valence-corrected chi connectivity index (χ2v) is 3.95. The van der Waals surface area contributed by atoms with Crippen molar-refractivity contribution in [3.8, 4) is 11.8 Å². The predicted molar refractivity (Wildman–Crippen MR) is 71.8 cm³/mol. The lowest BCUT2D eigenvalue weighted by Gasteiger charge is -2.10. The number of aliphatic hydroxyl groups is 1. The zero-order chi connectivity index (χ0) is 16.8. The summed E-state index contributed by atoms with van der Waals surface area (Å²) in [6, 6.07) is 5.88. The molecule has 0 spiro atoms. The van der Waals surface area contributed by atoms with E-state index in [1.165, 1.54) is 18.2 Å². The third-order valence-corrected chi connectivity index (χ3v) is 2.31. The molecule has 0 saturated heterocycles. The third-order valence-electron chi connectivity index (χ3n) is 2.31. The number of ether oxygens (including phenoxy) is 1. The van der Waals surface area contributed by atoms with Gasteiger partial charge in [-0.2, -0.15) is 5.26 Å². The fourth-order valence-electron chi connectivity index (χ4n) is 1.42. The van der Waals surface area contributed by atoms with Crippen LogP contribution in [-0.2, 0) is 4.79 Å². The first kappa shape index (κ1) is 17.1. The van der Waals surface area contributed by atoms with E-state index in [1.54, 1.807) is 6.07 Å². The van der Waals surface area contributed by atoms with Crippen molar-refractivity contribution in [1.82, 2.24) is 0 Å². The second kappa shape index (κ2) is 7.17. The van der Waals surface area contributed by atoms with Gasteiger partial charge in [0.25, 0.3) is 5.91 Å². The molecule has 22 heavy (non-hydrogen) atoms. The topological polar surface area (TPSA) is 82.3 Å². The van der Waals surface area contributed by atoms with Gasteiger partial charge in [0.05, 0.1) is 0 Å². The lowest BCUT2D eigenvalue weighted by Crippen LogP contribution is -2.17. The predicted octanol–water partition coefficient (Wildman–Crippen LogP) is 3.44. The minimum atomic E-state index is -4.81. The molecular formula is C14H11F3N2O3. The number of carbonyl (C=O) groups is 1. The van der Waals surface area contributed by atoms with Crippen LogP contribution in [0.4, 0.5) is 18.9 Å². The largest absolute Gasteiger partial charge is 0.573 e. The summed E-state index contributed by atoms with van der Waals surface area (Å²) in [5, 5.41) is 20.6. The minimum absolute atomic E-state index is 0.0608. The Labute approximate surface area is 123 Å². The van der Waals surface area contributed by atoms with Gasteiger partial charge < -0.3 is 15.2 Å². The van der Waals surface area contributed by atoms with E-state index in [4.69, 9.17) is 5.26 Å². The number of aliphatic hydroxyl groups excluding tert-OH is 1. The number of anilines is 1. The van der Waals surface area contributed by atoms with Crippen molar-refractivity contribution in [3.63, 3.8) is 0 Å². The summed E-state index contributed by atoms with van der Waals surface area (Å²) in [6.45, 7) is 3.36. The van der Waals surface area contributed by atoms with E-state index < -0.39 is 29.4 Å². The molecular weight excluding hydrogens is 301 g/mol. The van der Waals surface area contributed by atoms with Crippen LogP contribution in [0.2, 0.25) is 0 Å². The van der Waals surface area contributed by atoms with Crippen LogP contribution in [0.25, 0.3) is 0 Å². The van der Waals surface area contributed by atoms with Gasteiger partial charge in [-0.1, -0.05) is 6.08 Å². The molecule has 0 heterocycles. The molecule has 0 unspecified atom stereocenters. The summed E-state index contributed by atoms with van der Waals surface area (Å²) in [4.78, 5) is 11.8. The number of nitriles is 1. The molecule has 0 saturated carbocycles. The molecule has 0 aliphatic rings. The summed E-state index contributed by atoms with van der Waals surface area (Å²) in [7, 11) is 0. The normalized spacial score (nSPS) is 11.9. The number of benzene rings is 1. The number of hydrogen-bond donors (Lipinski definition) is 2. The van der Waals surface area contributed by atoms with E-state index in [2.05, 4.69) is 16.6 Å². The zero-order valence-corrected chi connectivity index (χ0v) is 11.1. The van der Waals surface area contributed by atoms with Crippen LogP contribution in [0.1, 0.15) is 6.42 Å². The Kier molecular flexibility index (Phi) is 5.57. The zero-order valence-electron chi connectivity index (χ0n) is 11.1. The molecule has 5 nitrogen and oxygen atoms in total. The first-order valence-electron chi connectivity index (χ1n) is 5.87. The van der Waals surface area contributed by atoms with Crippen molar-refractivity contribution < 1.29 is 27.8 Å². The van der Waals surface area contributed by atoms with E-state index >= 15 is 0 Å². The lowest BCUT2D eigenvalue weighted by atomic mass is 10.2. The maximum atomic E-state index is 12.0. The highest BCUT2D eigenvalue weighted by atomic mass is 19.4. The van der Waals surface area contributed by atoms with E-state index in [-0.39, 0.29) is 12.1 Å². The van der Waals surface area contributed by atoms with Crippen molar-refractivity contribution in [1.29, 1.82) is 5.26 Å². The molecule has 8 heteroatoms. The standard InChI is InChI=1S/C14H11F3N2O3/c1-2-3-12(20)11(8-18)13(21)19-9-4-6-10(7-5-9)22-14(15,16)17/h2,4-7,20H,1,3H2,(H,19,21)/b12-11-. The fourth-order valence-corrected chi connectivity index (χ4v) is 1.42. The van der Waals surface area contributed by atoms with Crippen LogP contribution in [0.15, 0.2) is 48.3 Å². The molecule has 0 radical (unpaired) electrons. The van der Waals surface area contributed by atoms with E-state index in [1.807, 2.05) is 0 Å². The number of carbonyl (C=O) groups excluding carboxylic acids is 1. The van der Waals surface area contributed by atoms with Crippen LogP contribution in [0, 0.1) is 11.3 Å². The Bertz CT molecular complexity index is 628. The Hall–Kier alpha value is -2.95. The monoisotopic (exact) mass is 312 g/mol. The average molecular weight is 312 g/mol. The molecule has 0 fully saturated rings. The Morgan fingerprint density at radius 2 is 2.00 bits per heavy atom. The lowest BCUT2D eigenvalue weighted by molar-refractivity contribution is -0.274. The van der Waals surface area contributed by atoms with Gasteiger partial charge in [0, 0.05) is 12.1 Å². The molecule has 0 bridgehead atoms. The van der Waals surface area contributed by atoms with Crippen LogP contribution in [0.3, 0.4) is 0 Å². The number of nitrogens with zero attached hydrogens (tertiary/aromatic N) is 1. The Morgan fingerprint density at radius 1 is 1.41 bits per heavy atom. The van der Waals surface area contributed by atoms with Crippen molar-refractivity contribution in [2.24, 2.45) is 0 Å². The maximum absolute atomic E-state index is 12.0. The number of hydrogen-bond acceptors (Lipinski definition) is 4. The van der Waals surface area contributed by atoms with Gasteiger partial charge in [0.2, 0.25) is 0 Å². The highest BCUT2D eigenvalue weighted by Gasteiger charge is 2.31. The first-order valence-corrected chi connectivity index (χ1v) is 5.87. The van der Waals surface area contributed by atoms with Crippen molar-refractivity contribution in [2.75, 3.05) is 5.32 Å². The molecule has 116 valence electrons. The van der Waals surface area contributed by atoms with E-state index in [0.717, 1.165) is 12.1 Å². The number of alkyl halides is 3. The van der Waals surface area contributed by atoms with Gasteiger partial charge in [0.1, 0.15) is 17.6 Å². The summed E-state index contributed by atoms with van der Waals surface area (Å²) in [5.74, 6) is -1.78. The molecule has 1 aromatic carbocycles. The van der Waals surface area contributed by atoms with Gasteiger partial charge in [-0.15, -0.1) is 19.8 Å². The molecule has 0 aromatic heterocycles. The van der Waals surface area contributed by atoms with Crippen molar-refractivity contribution in [3.05, 3.63) is 48.3 Å². The number of amides is 1. The van der Waals surface area contributed by atoms with Crippen LogP contribution in [-0.4, -0.2) is 17.4 Å². The van der Waals surface area contributed by atoms with E-state index in [9.17, 15) is 23.1 Å². The number of allylic oxidation sites excluding steroid dienone is 1. The summed E-state index contributed by atoms with van der Waals surface area (Å²) >= 11 is 0. The molecule has 0 aliphatic heterocycles. The number of halogens is 3. The van der Waals surface area contributed by atoms with Crippen molar-refractivity contribution in [2.45, 2.75) is 12.8 Å². The van der Waals surface area contributed by atoms with Gasteiger partial charge in [0.15, 0.2) is 5.57 Å². The molecule has 1 rings (SSSR count). The number of nitrogens with one attached hydrogen (secondary N) is 1. The molecule has 1 aromatic rings. The Morgan fingerprint density at radius 3 is 2.45 bits per heavy atom. The van der Waals surface area contributed by atoms with Gasteiger partial charge in [-0.25, -0.2) is 0 Å². The third kappa shape index (κ3) is 5.20. The summed E-state index contributed by atoms with van der Waals surface area (Å²) < 4.78 is 39.7. The maximum Gasteiger partial charge on any atom is 0.573 e. The highest BCUT2D eigenvalue weighted by molar-refractivity contribution is 6.06. The van der Waals surface area contributed by atoms with Crippen LogP contribution >= 0.6 is 0 Å². The van der Waals surface area contributed by atoms with Gasteiger partial charge in [-0.3, -0.25) is 4.79 Å². The molecule has 0 aliphatic carbocycles. The first-order chi connectivity index (χ1) is 10.3. The summed E-state index contributed by atoms with van der Waals surface area (Å²) in [5.41, 5.74) is -0.366. The van der Waals surface area contributed by atoms with Gasteiger partial charge in [-0.05, 0) is 24.3 Å². The van der Waals surface area contributed by atoms with Crippen LogP contribution in [0.5, 0.6) is 5.75 Å². The Balaban J connectivity index is 2.83. The molecule has 1 amide bonds. The van der Waals surface area contributed by atoms with Crippen molar-refractivity contribution >= 4 is 11.6 Å². The van der Waals surface area contributed by atoms with E-state index in [0.29, 0.717) is 0 Å².